The summed E-state index contributed by atoms with van der Waals surface area (Å²) in [6.07, 6.45) is 0. The Bertz CT molecular complexity index is 649. The van der Waals surface area contributed by atoms with Crippen molar-refractivity contribution in [3.8, 4) is 0 Å². The fraction of sp³-hybridized carbons (Fsp3) is 0.0714. The van der Waals surface area contributed by atoms with Gasteiger partial charge in [-0.1, -0.05) is 29.8 Å². The van der Waals surface area contributed by atoms with Crippen molar-refractivity contribution in [1.29, 1.82) is 0 Å². The van der Waals surface area contributed by atoms with E-state index in [0.717, 1.165) is 6.07 Å². The summed E-state index contributed by atoms with van der Waals surface area (Å²) in [5.41, 5.74) is -0.139. The molecule has 0 aliphatic heterocycles. The minimum absolute atomic E-state index is 0.0192. The van der Waals surface area contributed by atoms with Crippen LogP contribution in [0.4, 0.5) is 14.5 Å². The average Bonchev–Trinajstić information content (AvgIpc) is 2.38. The van der Waals surface area contributed by atoms with Crippen LogP contribution in [0.25, 0.3) is 0 Å². The van der Waals surface area contributed by atoms with Gasteiger partial charge in [-0.25, -0.2) is 13.6 Å². The highest BCUT2D eigenvalue weighted by atomic mass is 35.5. The molecule has 0 saturated carbocycles. The third kappa shape index (κ3) is 3.05. The normalized spacial score (nSPS) is 11.9. The Kier molecular flexibility index (Phi) is 4.20. The first-order chi connectivity index (χ1) is 9.49. The Labute approximate surface area is 118 Å². The molecule has 0 bridgehead atoms. The van der Waals surface area contributed by atoms with E-state index in [9.17, 15) is 18.7 Å². The van der Waals surface area contributed by atoms with E-state index in [-0.39, 0.29) is 16.3 Å². The maximum Gasteiger partial charge on any atom is 0.330 e. The fourth-order valence-electron chi connectivity index (χ4n) is 1.74. The summed E-state index contributed by atoms with van der Waals surface area (Å²) in [7, 11) is 0. The van der Waals surface area contributed by atoms with Gasteiger partial charge in [-0.15, -0.1) is 0 Å². The molecule has 2 aromatic carbocycles. The van der Waals surface area contributed by atoms with Crippen LogP contribution in [0.2, 0.25) is 5.02 Å². The molecule has 0 aliphatic carbocycles. The fourth-order valence-corrected chi connectivity index (χ4v) is 1.90. The predicted molar refractivity (Wildman–Crippen MR) is 71.8 cm³/mol. The first-order valence-electron chi connectivity index (χ1n) is 5.68. The van der Waals surface area contributed by atoms with Gasteiger partial charge in [0.2, 0.25) is 0 Å². The van der Waals surface area contributed by atoms with E-state index in [1.54, 1.807) is 6.07 Å². The third-order valence-corrected chi connectivity index (χ3v) is 2.93. The second kappa shape index (κ2) is 5.88. The molecule has 2 aromatic rings. The lowest BCUT2D eigenvalue weighted by molar-refractivity contribution is -0.138. The van der Waals surface area contributed by atoms with Gasteiger partial charge in [0.15, 0.2) is 6.04 Å². The van der Waals surface area contributed by atoms with Gasteiger partial charge >= 0.3 is 5.97 Å². The number of rotatable bonds is 4. The molecule has 0 amide bonds. The van der Waals surface area contributed by atoms with Crippen molar-refractivity contribution >= 4 is 23.3 Å². The van der Waals surface area contributed by atoms with E-state index in [4.69, 9.17) is 11.6 Å². The van der Waals surface area contributed by atoms with Gasteiger partial charge in [0, 0.05) is 10.6 Å². The molecule has 3 nitrogen and oxygen atoms in total. The summed E-state index contributed by atoms with van der Waals surface area (Å²) in [4.78, 5) is 11.3. The molecular formula is C14H10ClF2NO2. The number of benzene rings is 2. The first kappa shape index (κ1) is 14.3. The third-order valence-electron chi connectivity index (χ3n) is 2.69. The minimum atomic E-state index is -1.41. The summed E-state index contributed by atoms with van der Waals surface area (Å²) >= 11 is 5.62. The Morgan fingerprint density at radius 1 is 1.15 bits per heavy atom. The molecule has 20 heavy (non-hydrogen) atoms. The second-order valence-electron chi connectivity index (χ2n) is 4.06. The Morgan fingerprint density at radius 3 is 2.45 bits per heavy atom. The Hall–Kier alpha value is -2.14. The molecule has 2 N–H and O–H groups in total. The summed E-state index contributed by atoms with van der Waals surface area (Å²) < 4.78 is 27.3. The molecule has 0 saturated heterocycles. The van der Waals surface area contributed by atoms with E-state index in [0.29, 0.717) is 0 Å². The largest absolute Gasteiger partial charge is 0.479 e. The van der Waals surface area contributed by atoms with Crippen molar-refractivity contribution in [2.24, 2.45) is 0 Å². The summed E-state index contributed by atoms with van der Waals surface area (Å²) in [5, 5.41) is 11.8. The molecule has 0 heterocycles. The quantitative estimate of drug-likeness (QED) is 0.901. The van der Waals surface area contributed by atoms with E-state index in [1.165, 1.54) is 30.3 Å². The summed E-state index contributed by atoms with van der Waals surface area (Å²) in [5.74, 6) is -2.71. The monoisotopic (exact) mass is 297 g/mol. The summed E-state index contributed by atoms with van der Waals surface area (Å²) in [6, 6.07) is 7.79. The van der Waals surface area contributed by atoms with Gasteiger partial charge in [0.1, 0.15) is 11.6 Å². The lowest BCUT2D eigenvalue weighted by Gasteiger charge is -2.17. The van der Waals surface area contributed by atoms with E-state index >= 15 is 0 Å². The van der Waals surface area contributed by atoms with Gasteiger partial charge in [-0.3, -0.25) is 0 Å². The first-order valence-corrected chi connectivity index (χ1v) is 6.05. The molecule has 6 heteroatoms. The van der Waals surface area contributed by atoms with Gasteiger partial charge in [0.25, 0.3) is 0 Å². The maximum absolute atomic E-state index is 13.8. The van der Waals surface area contributed by atoms with Crippen LogP contribution < -0.4 is 5.32 Å². The summed E-state index contributed by atoms with van der Waals surface area (Å²) in [6.45, 7) is 0. The molecule has 0 fully saturated rings. The SMILES string of the molecule is O=C(O)C(Nc1ccccc1F)c1ccc(Cl)cc1F. The van der Waals surface area contributed by atoms with Crippen LogP contribution in [-0.2, 0) is 4.79 Å². The van der Waals surface area contributed by atoms with Crippen molar-refractivity contribution in [3.63, 3.8) is 0 Å². The molecule has 0 spiro atoms. The van der Waals surface area contributed by atoms with Gasteiger partial charge in [-0.05, 0) is 24.3 Å². The van der Waals surface area contributed by atoms with Crippen molar-refractivity contribution in [3.05, 3.63) is 64.7 Å². The number of anilines is 1. The average molecular weight is 298 g/mol. The zero-order valence-corrected chi connectivity index (χ0v) is 10.9. The lowest BCUT2D eigenvalue weighted by atomic mass is 10.1. The van der Waals surface area contributed by atoms with Crippen LogP contribution in [0.15, 0.2) is 42.5 Å². The number of nitrogens with one attached hydrogen (secondary N) is 1. The number of hydrogen-bond donors (Lipinski definition) is 2. The highest BCUT2D eigenvalue weighted by molar-refractivity contribution is 6.30. The number of carbonyl (C=O) groups is 1. The van der Waals surface area contributed by atoms with Crippen molar-refractivity contribution in [2.75, 3.05) is 5.32 Å². The molecule has 0 aromatic heterocycles. The van der Waals surface area contributed by atoms with Crippen LogP contribution in [0.3, 0.4) is 0 Å². The number of para-hydroxylation sites is 1. The van der Waals surface area contributed by atoms with Crippen molar-refractivity contribution in [2.45, 2.75) is 6.04 Å². The zero-order valence-electron chi connectivity index (χ0n) is 10.1. The topological polar surface area (TPSA) is 49.3 Å². The van der Waals surface area contributed by atoms with Gasteiger partial charge < -0.3 is 10.4 Å². The van der Waals surface area contributed by atoms with E-state index in [1.807, 2.05) is 0 Å². The highest BCUT2D eigenvalue weighted by Crippen LogP contribution is 2.25. The number of aliphatic carboxylic acids is 1. The molecular weight excluding hydrogens is 288 g/mol. The van der Waals surface area contributed by atoms with Crippen LogP contribution >= 0.6 is 11.6 Å². The molecule has 1 atom stereocenters. The molecule has 0 aliphatic rings. The lowest BCUT2D eigenvalue weighted by Crippen LogP contribution is -2.22. The predicted octanol–water partition coefficient (Wildman–Crippen LogP) is 3.86. The Morgan fingerprint density at radius 2 is 1.85 bits per heavy atom. The van der Waals surface area contributed by atoms with E-state index < -0.39 is 23.6 Å². The number of carboxylic acids is 1. The Balaban J connectivity index is 2.37. The van der Waals surface area contributed by atoms with Crippen LogP contribution in [0.5, 0.6) is 0 Å². The van der Waals surface area contributed by atoms with Gasteiger partial charge in [-0.2, -0.15) is 0 Å². The van der Waals surface area contributed by atoms with Crippen LogP contribution in [0, 0.1) is 11.6 Å². The number of carboxylic acid groups (broad SMARTS) is 1. The zero-order chi connectivity index (χ0) is 14.7. The van der Waals surface area contributed by atoms with Gasteiger partial charge in [0.05, 0.1) is 5.69 Å². The highest BCUT2D eigenvalue weighted by Gasteiger charge is 2.24. The van der Waals surface area contributed by atoms with E-state index in [2.05, 4.69) is 5.32 Å². The van der Waals surface area contributed by atoms with Crippen molar-refractivity contribution < 1.29 is 18.7 Å². The number of hydrogen-bond acceptors (Lipinski definition) is 2. The smallest absolute Gasteiger partial charge is 0.330 e. The second-order valence-corrected chi connectivity index (χ2v) is 4.50. The molecule has 0 radical (unpaired) electrons. The van der Waals surface area contributed by atoms with Crippen molar-refractivity contribution in [1.82, 2.24) is 0 Å². The molecule has 104 valence electrons. The van der Waals surface area contributed by atoms with Crippen LogP contribution in [-0.4, -0.2) is 11.1 Å². The molecule has 2 rings (SSSR count). The molecule has 1 unspecified atom stereocenters. The maximum atomic E-state index is 13.8. The number of halogens is 3. The standard InChI is InChI=1S/C14H10ClF2NO2/c15-8-5-6-9(11(17)7-8)13(14(19)20)18-12-4-2-1-3-10(12)16/h1-7,13,18H,(H,19,20). The van der Waals surface area contributed by atoms with Crippen LogP contribution in [0.1, 0.15) is 11.6 Å². The minimum Gasteiger partial charge on any atom is -0.479 e.